The van der Waals surface area contributed by atoms with Gasteiger partial charge in [-0.15, -0.1) is 10.2 Å². The summed E-state index contributed by atoms with van der Waals surface area (Å²) < 4.78 is 1.92. The first-order valence-corrected chi connectivity index (χ1v) is 7.39. The molecule has 7 heteroatoms. The van der Waals surface area contributed by atoms with E-state index in [-0.39, 0.29) is 6.61 Å². The van der Waals surface area contributed by atoms with Gasteiger partial charge in [-0.2, -0.15) is 0 Å². The number of hydrogen-bond donors (Lipinski definition) is 2. The third-order valence-electron chi connectivity index (χ3n) is 4.14. The van der Waals surface area contributed by atoms with Gasteiger partial charge in [-0.1, -0.05) is 0 Å². The second-order valence-corrected chi connectivity index (χ2v) is 5.78. The molecular formula is C14H22N6O. The molecule has 1 atom stereocenters. The van der Waals surface area contributed by atoms with Crippen LogP contribution in [0.2, 0.25) is 0 Å². The number of aliphatic hydroxyl groups is 1. The number of imidazole rings is 1. The van der Waals surface area contributed by atoms with E-state index in [2.05, 4.69) is 25.1 Å². The first-order valence-electron chi connectivity index (χ1n) is 7.39. The lowest BCUT2D eigenvalue weighted by molar-refractivity contribution is 0.191. The largest absolute Gasteiger partial charge is 0.388 e. The average molecular weight is 290 g/mol. The summed E-state index contributed by atoms with van der Waals surface area (Å²) in [6.07, 6.45) is 4.13. The summed E-state index contributed by atoms with van der Waals surface area (Å²) in [5.74, 6) is 2.98. The molecule has 1 aliphatic heterocycles. The molecule has 3 rings (SSSR count). The number of H-pyrrole nitrogens is 1. The van der Waals surface area contributed by atoms with Crippen molar-refractivity contribution in [2.45, 2.75) is 38.8 Å². The van der Waals surface area contributed by atoms with Crippen molar-refractivity contribution in [2.75, 3.05) is 13.1 Å². The quantitative estimate of drug-likeness (QED) is 0.867. The van der Waals surface area contributed by atoms with Crippen LogP contribution in [-0.2, 0) is 20.2 Å². The smallest absolute Gasteiger partial charge is 0.158 e. The van der Waals surface area contributed by atoms with E-state index in [4.69, 9.17) is 0 Å². The van der Waals surface area contributed by atoms with Crippen molar-refractivity contribution in [1.29, 1.82) is 0 Å². The van der Waals surface area contributed by atoms with E-state index in [0.717, 1.165) is 49.8 Å². The Morgan fingerprint density at radius 3 is 2.95 bits per heavy atom. The van der Waals surface area contributed by atoms with Gasteiger partial charge in [0.2, 0.25) is 0 Å². The first-order chi connectivity index (χ1) is 10.2. The highest BCUT2D eigenvalue weighted by molar-refractivity contribution is 5.04. The monoisotopic (exact) mass is 290 g/mol. The van der Waals surface area contributed by atoms with Gasteiger partial charge in [-0.05, 0) is 26.3 Å². The van der Waals surface area contributed by atoms with Gasteiger partial charge in [0.05, 0.1) is 6.54 Å². The van der Waals surface area contributed by atoms with E-state index in [1.807, 2.05) is 24.7 Å². The Hall–Kier alpha value is -1.73. The highest BCUT2D eigenvalue weighted by Gasteiger charge is 2.26. The van der Waals surface area contributed by atoms with E-state index < -0.39 is 0 Å². The minimum Gasteiger partial charge on any atom is -0.388 e. The van der Waals surface area contributed by atoms with Gasteiger partial charge in [-0.3, -0.25) is 4.90 Å². The molecule has 0 aromatic carbocycles. The lowest BCUT2D eigenvalue weighted by Gasteiger charge is -2.31. The molecule has 1 aliphatic rings. The number of nitrogens with one attached hydrogen (secondary N) is 1. The molecule has 0 saturated carbocycles. The SMILES string of the molecule is Cc1cnc(CN2CCCC(c3nnc(CO)n3C)C2)[nH]1. The standard InChI is InChI=1S/C14H22N6O/c1-10-6-15-12(16-10)8-20-5-3-4-11(7-20)14-18-17-13(9-21)19(14)2/h6,11,21H,3-5,7-9H2,1-2H3,(H,15,16). The van der Waals surface area contributed by atoms with Crippen molar-refractivity contribution in [2.24, 2.45) is 7.05 Å². The topological polar surface area (TPSA) is 82.9 Å². The van der Waals surface area contributed by atoms with Crippen LogP contribution in [0.3, 0.4) is 0 Å². The predicted molar refractivity (Wildman–Crippen MR) is 77.5 cm³/mol. The Morgan fingerprint density at radius 1 is 1.43 bits per heavy atom. The lowest BCUT2D eigenvalue weighted by Crippen LogP contribution is -2.35. The maximum atomic E-state index is 9.23. The Labute approximate surface area is 124 Å². The Kier molecular flexibility index (Phi) is 4.03. The van der Waals surface area contributed by atoms with Crippen molar-refractivity contribution in [3.63, 3.8) is 0 Å². The summed E-state index contributed by atoms with van der Waals surface area (Å²) >= 11 is 0. The van der Waals surface area contributed by atoms with Gasteiger partial charge in [0.1, 0.15) is 18.3 Å². The van der Waals surface area contributed by atoms with Crippen LogP contribution in [0.1, 0.15) is 41.9 Å². The van der Waals surface area contributed by atoms with Gasteiger partial charge in [0.25, 0.3) is 0 Å². The van der Waals surface area contributed by atoms with Crippen molar-refractivity contribution in [3.8, 4) is 0 Å². The van der Waals surface area contributed by atoms with Crippen molar-refractivity contribution >= 4 is 0 Å². The third-order valence-corrected chi connectivity index (χ3v) is 4.14. The molecule has 0 aliphatic carbocycles. The fourth-order valence-corrected chi connectivity index (χ4v) is 3.04. The molecule has 2 aromatic rings. The van der Waals surface area contributed by atoms with Crippen LogP contribution in [0.15, 0.2) is 6.20 Å². The number of likely N-dealkylation sites (tertiary alicyclic amines) is 1. The van der Waals surface area contributed by atoms with Gasteiger partial charge < -0.3 is 14.7 Å². The summed E-state index contributed by atoms with van der Waals surface area (Å²) in [5.41, 5.74) is 1.10. The van der Waals surface area contributed by atoms with E-state index in [0.29, 0.717) is 11.7 Å². The number of rotatable bonds is 4. The van der Waals surface area contributed by atoms with Gasteiger partial charge >= 0.3 is 0 Å². The van der Waals surface area contributed by atoms with Crippen LogP contribution in [0, 0.1) is 6.92 Å². The number of aryl methyl sites for hydroxylation is 1. The zero-order valence-corrected chi connectivity index (χ0v) is 12.6. The summed E-state index contributed by atoms with van der Waals surface area (Å²) in [7, 11) is 1.93. The molecule has 2 aromatic heterocycles. The molecule has 114 valence electrons. The molecular weight excluding hydrogens is 268 g/mol. The number of piperidine rings is 1. The minimum absolute atomic E-state index is 0.0639. The Balaban J connectivity index is 1.69. The zero-order valence-electron chi connectivity index (χ0n) is 12.6. The zero-order chi connectivity index (χ0) is 14.8. The van der Waals surface area contributed by atoms with Crippen molar-refractivity contribution in [3.05, 3.63) is 29.4 Å². The van der Waals surface area contributed by atoms with Crippen LogP contribution < -0.4 is 0 Å². The fourth-order valence-electron chi connectivity index (χ4n) is 3.04. The molecule has 7 nitrogen and oxygen atoms in total. The molecule has 1 saturated heterocycles. The van der Waals surface area contributed by atoms with Crippen LogP contribution in [0.4, 0.5) is 0 Å². The molecule has 0 amide bonds. The molecule has 0 spiro atoms. The molecule has 3 heterocycles. The summed E-state index contributed by atoms with van der Waals surface area (Å²) in [4.78, 5) is 10.1. The van der Waals surface area contributed by atoms with Gasteiger partial charge in [0, 0.05) is 31.4 Å². The highest BCUT2D eigenvalue weighted by Crippen LogP contribution is 2.26. The normalized spacial score (nSPS) is 20.0. The number of nitrogens with zero attached hydrogens (tertiary/aromatic N) is 5. The van der Waals surface area contributed by atoms with E-state index >= 15 is 0 Å². The summed E-state index contributed by atoms with van der Waals surface area (Å²) in [6.45, 7) is 4.84. The molecule has 1 unspecified atom stereocenters. The second kappa shape index (κ2) is 5.95. The molecule has 21 heavy (non-hydrogen) atoms. The lowest BCUT2D eigenvalue weighted by atomic mass is 9.97. The number of aromatic nitrogens is 5. The van der Waals surface area contributed by atoms with E-state index in [1.165, 1.54) is 0 Å². The maximum absolute atomic E-state index is 9.23. The molecule has 0 radical (unpaired) electrons. The number of aromatic amines is 1. The maximum Gasteiger partial charge on any atom is 0.158 e. The van der Waals surface area contributed by atoms with E-state index in [9.17, 15) is 5.11 Å². The predicted octanol–water partition coefficient (Wildman–Crippen LogP) is 0.719. The van der Waals surface area contributed by atoms with Crippen molar-refractivity contribution < 1.29 is 5.11 Å². The molecule has 2 N–H and O–H groups in total. The fraction of sp³-hybridized carbons (Fsp3) is 0.643. The Morgan fingerprint density at radius 2 is 2.29 bits per heavy atom. The van der Waals surface area contributed by atoms with E-state index in [1.54, 1.807) is 0 Å². The first kappa shape index (κ1) is 14.2. The minimum atomic E-state index is -0.0639. The summed E-state index contributed by atoms with van der Waals surface area (Å²) in [6, 6.07) is 0. The third kappa shape index (κ3) is 2.98. The van der Waals surface area contributed by atoms with Crippen LogP contribution in [0.5, 0.6) is 0 Å². The van der Waals surface area contributed by atoms with Crippen LogP contribution in [0.25, 0.3) is 0 Å². The van der Waals surface area contributed by atoms with Crippen LogP contribution in [-0.4, -0.2) is 47.8 Å². The highest BCUT2D eigenvalue weighted by atomic mass is 16.3. The second-order valence-electron chi connectivity index (χ2n) is 5.78. The van der Waals surface area contributed by atoms with Gasteiger partial charge in [-0.25, -0.2) is 4.98 Å². The molecule has 0 bridgehead atoms. The average Bonchev–Trinajstić information content (AvgIpc) is 3.05. The number of aliphatic hydroxyl groups excluding tert-OH is 1. The van der Waals surface area contributed by atoms with Gasteiger partial charge in [0.15, 0.2) is 5.82 Å². The Bertz CT molecular complexity index is 604. The molecule has 1 fully saturated rings. The summed E-state index contributed by atoms with van der Waals surface area (Å²) in [5, 5.41) is 17.5. The van der Waals surface area contributed by atoms with Crippen molar-refractivity contribution in [1.82, 2.24) is 29.6 Å². The van der Waals surface area contributed by atoms with Crippen LogP contribution >= 0.6 is 0 Å². The number of hydrogen-bond acceptors (Lipinski definition) is 5.